The average molecular weight is 286 g/mol. The van der Waals surface area contributed by atoms with Crippen molar-refractivity contribution in [1.29, 1.82) is 0 Å². The van der Waals surface area contributed by atoms with E-state index >= 15 is 0 Å². The second-order valence-electron chi connectivity index (χ2n) is 4.40. The smallest absolute Gasteiger partial charge is 0.310 e. The molecule has 1 aromatic rings. The molecule has 1 fully saturated rings. The average Bonchev–Trinajstić information content (AvgIpc) is 2.74. The van der Waals surface area contributed by atoms with Gasteiger partial charge in [-0.2, -0.15) is 0 Å². The van der Waals surface area contributed by atoms with E-state index in [0.717, 1.165) is 0 Å². The molecule has 0 radical (unpaired) electrons. The minimum absolute atomic E-state index is 0.0673. The van der Waals surface area contributed by atoms with E-state index < -0.39 is 17.7 Å². The Morgan fingerprint density at radius 2 is 2.32 bits per heavy atom. The SMILES string of the molecule is COC(=O)C1CC(=O)N(Cc2c(F)cccc2Cl)C1. The quantitative estimate of drug-likeness (QED) is 0.798. The first kappa shape index (κ1) is 13.8. The Kier molecular flexibility index (Phi) is 4.04. The summed E-state index contributed by atoms with van der Waals surface area (Å²) in [5.74, 6) is -1.56. The van der Waals surface area contributed by atoms with Crippen molar-refractivity contribution >= 4 is 23.5 Å². The number of methoxy groups -OCH3 is 1. The van der Waals surface area contributed by atoms with E-state index in [1.807, 2.05) is 0 Å². The van der Waals surface area contributed by atoms with Gasteiger partial charge in [0.15, 0.2) is 0 Å². The van der Waals surface area contributed by atoms with Crippen molar-refractivity contribution in [3.05, 3.63) is 34.6 Å². The van der Waals surface area contributed by atoms with Crippen LogP contribution in [-0.4, -0.2) is 30.4 Å². The molecule has 0 N–H and O–H groups in total. The van der Waals surface area contributed by atoms with Crippen molar-refractivity contribution in [2.75, 3.05) is 13.7 Å². The number of esters is 1. The molecule has 1 amide bonds. The molecule has 0 aromatic heterocycles. The maximum atomic E-state index is 13.6. The molecule has 1 heterocycles. The summed E-state index contributed by atoms with van der Waals surface area (Å²) in [6.45, 7) is 0.300. The Balaban J connectivity index is 2.12. The monoisotopic (exact) mass is 285 g/mol. The molecule has 1 aromatic carbocycles. The van der Waals surface area contributed by atoms with Gasteiger partial charge in [-0.3, -0.25) is 9.59 Å². The topological polar surface area (TPSA) is 46.6 Å². The van der Waals surface area contributed by atoms with Crippen LogP contribution in [0.5, 0.6) is 0 Å². The van der Waals surface area contributed by atoms with Crippen LogP contribution in [0.4, 0.5) is 4.39 Å². The minimum Gasteiger partial charge on any atom is -0.469 e. The number of benzene rings is 1. The number of hydrogen-bond acceptors (Lipinski definition) is 3. The van der Waals surface area contributed by atoms with Crippen LogP contribution < -0.4 is 0 Å². The van der Waals surface area contributed by atoms with Crippen molar-refractivity contribution in [1.82, 2.24) is 4.90 Å². The predicted molar refractivity (Wildman–Crippen MR) is 67.0 cm³/mol. The molecule has 1 saturated heterocycles. The van der Waals surface area contributed by atoms with E-state index in [2.05, 4.69) is 4.74 Å². The second kappa shape index (κ2) is 5.57. The zero-order chi connectivity index (χ0) is 14.0. The third-order valence-electron chi connectivity index (χ3n) is 3.16. The van der Waals surface area contributed by atoms with Gasteiger partial charge in [0.25, 0.3) is 0 Å². The van der Waals surface area contributed by atoms with Crippen LogP contribution in [0.15, 0.2) is 18.2 Å². The number of halogens is 2. The molecule has 1 unspecified atom stereocenters. The lowest BCUT2D eigenvalue weighted by molar-refractivity contribution is -0.145. The fourth-order valence-corrected chi connectivity index (χ4v) is 2.35. The van der Waals surface area contributed by atoms with E-state index in [1.165, 1.54) is 24.1 Å². The van der Waals surface area contributed by atoms with Gasteiger partial charge in [-0.1, -0.05) is 17.7 Å². The first-order valence-corrected chi connectivity index (χ1v) is 6.19. The minimum atomic E-state index is -0.483. The van der Waals surface area contributed by atoms with Crippen molar-refractivity contribution < 1.29 is 18.7 Å². The number of likely N-dealkylation sites (tertiary alicyclic amines) is 1. The summed E-state index contributed by atoms with van der Waals surface area (Å²) in [6.07, 6.45) is 0.0960. The molecule has 6 heteroatoms. The standard InChI is InChI=1S/C13H13ClFNO3/c1-19-13(18)8-5-12(17)16(6-8)7-9-10(14)3-2-4-11(9)15/h2-4,8H,5-7H2,1H3. The summed E-state index contributed by atoms with van der Waals surface area (Å²) in [4.78, 5) is 24.6. The molecule has 1 atom stereocenters. The van der Waals surface area contributed by atoms with Crippen molar-refractivity contribution in [2.24, 2.45) is 5.92 Å². The first-order chi connectivity index (χ1) is 9.02. The Bertz CT molecular complexity index is 500. The summed E-state index contributed by atoms with van der Waals surface area (Å²) < 4.78 is 18.2. The van der Waals surface area contributed by atoms with Gasteiger partial charge >= 0.3 is 5.97 Å². The van der Waals surface area contributed by atoms with Gasteiger partial charge in [0.1, 0.15) is 5.82 Å². The largest absolute Gasteiger partial charge is 0.469 e. The van der Waals surface area contributed by atoms with Crippen LogP contribution in [0.25, 0.3) is 0 Å². The van der Waals surface area contributed by atoms with E-state index in [-0.39, 0.29) is 36.0 Å². The molecule has 102 valence electrons. The second-order valence-corrected chi connectivity index (χ2v) is 4.81. The van der Waals surface area contributed by atoms with Crippen LogP contribution >= 0.6 is 11.6 Å². The normalized spacial score (nSPS) is 18.8. The van der Waals surface area contributed by atoms with E-state index in [1.54, 1.807) is 6.07 Å². The number of carbonyl (C=O) groups excluding carboxylic acids is 2. The number of rotatable bonds is 3. The van der Waals surface area contributed by atoms with E-state index in [4.69, 9.17) is 11.6 Å². The Morgan fingerprint density at radius 1 is 1.58 bits per heavy atom. The maximum Gasteiger partial charge on any atom is 0.310 e. The molecule has 1 aliphatic heterocycles. The molecule has 2 rings (SSSR count). The molecule has 19 heavy (non-hydrogen) atoms. The fourth-order valence-electron chi connectivity index (χ4n) is 2.12. The lowest BCUT2D eigenvalue weighted by Crippen LogP contribution is -2.26. The summed E-state index contributed by atoms with van der Waals surface area (Å²) >= 11 is 5.91. The highest BCUT2D eigenvalue weighted by molar-refractivity contribution is 6.31. The lowest BCUT2D eigenvalue weighted by Gasteiger charge is -2.17. The van der Waals surface area contributed by atoms with E-state index in [0.29, 0.717) is 0 Å². The van der Waals surface area contributed by atoms with Gasteiger partial charge in [0.2, 0.25) is 5.91 Å². The first-order valence-electron chi connectivity index (χ1n) is 5.81. The van der Waals surface area contributed by atoms with Crippen LogP contribution in [0.2, 0.25) is 5.02 Å². The zero-order valence-electron chi connectivity index (χ0n) is 10.4. The molecule has 1 aliphatic rings. The predicted octanol–water partition coefficient (Wildman–Crippen LogP) is 2.00. The summed E-state index contributed by atoms with van der Waals surface area (Å²) in [5.41, 5.74) is 0.267. The van der Waals surface area contributed by atoms with Crippen LogP contribution in [-0.2, 0) is 20.9 Å². The number of carbonyl (C=O) groups is 2. The summed E-state index contributed by atoms with van der Waals surface area (Å²) in [7, 11) is 1.28. The summed E-state index contributed by atoms with van der Waals surface area (Å²) in [6, 6.07) is 4.36. The molecule has 4 nitrogen and oxygen atoms in total. The van der Waals surface area contributed by atoms with Crippen LogP contribution in [0, 0.1) is 11.7 Å². The number of ether oxygens (including phenoxy) is 1. The fraction of sp³-hybridized carbons (Fsp3) is 0.385. The molecular formula is C13H13ClFNO3. The molecule has 0 bridgehead atoms. The van der Waals surface area contributed by atoms with Crippen LogP contribution in [0.1, 0.15) is 12.0 Å². The Morgan fingerprint density at radius 3 is 2.95 bits per heavy atom. The molecular weight excluding hydrogens is 273 g/mol. The molecule has 0 saturated carbocycles. The van der Waals surface area contributed by atoms with Crippen LogP contribution in [0.3, 0.4) is 0 Å². The Hall–Kier alpha value is -1.62. The van der Waals surface area contributed by atoms with Gasteiger partial charge in [0.05, 0.1) is 19.6 Å². The summed E-state index contributed by atoms with van der Waals surface area (Å²) in [5, 5.41) is 0.273. The zero-order valence-corrected chi connectivity index (χ0v) is 11.1. The van der Waals surface area contributed by atoms with Gasteiger partial charge in [-0.25, -0.2) is 4.39 Å². The number of hydrogen-bond donors (Lipinski definition) is 0. The highest BCUT2D eigenvalue weighted by Gasteiger charge is 2.35. The highest BCUT2D eigenvalue weighted by atomic mass is 35.5. The third-order valence-corrected chi connectivity index (χ3v) is 3.51. The van der Waals surface area contributed by atoms with Gasteiger partial charge < -0.3 is 9.64 Å². The van der Waals surface area contributed by atoms with Crippen molar-refractivity contribution in [3.63, 3.8) is 0 Å². The maximum absolute atomic E-state index is 13.6. The number of nitrogens with zero attached hydrogens (tertiary/aromatic N) is 1. The molecule has 0 aliphatic carbocycles. The number of amides is 1. The van der Waals surface area contributed by atoms with Crippen molar-refractivity contribution in [3.8, 4) is 0 Å². The third kappa shape index (κ3) is 2.87. The van der Waals surface area contributed by atoms with Gasteiger partial charge in [-0.05, 0) is 12.1 Å². The highest BCUT2D eigenvalue weighted by Crippen LogP contribution is 2.25. The lowest BCUT2D eigenvalue weighted by atomic mass is 10.1. The van der Waals surface area contributed by atoms with E-state index in [9.17, 15) is 14.0 Å². The van der Waals surface area contributed by atoms with Gasteiger partial charge in [0, 0.05) is 23.6 Å². The van der Waals surface area contributed by atoms with Crippen molar-refractivity contribution in [2.45, 2.75) is 13.0 Å². The Labute approximate surface area is 115 Å². The molecule has 0 spiro atoms. The van der Waals surface area contributed by atoms with Gasteiger partial charge in [-0.15, -0.1) is 0 Å².